The van der Waals surface area contributed by atoms with Crippen LogP contribution >= 0.6 is 7.29 Å². The van der Waals surface area contributed by atoms with Crippen molar-refractivity contribution in [3.8, 4) is 0 Å². The number of benzene rings is 4. The minimum absolute atomic E-state index is 0.0304. The van der Waals surface area contributed by atoms with E-state index < -0.39 is 7.29 Å². The Labute approximate surface area is 154 Å². The molecule has 126 valence electrons. The van der Waals surface area contributed by atoms with Crippen LogP contribution in [0.1, 0.15) is 6.93 Å². The Morgan fingerprint density at radius 1 is 0.692 bits per heavy atom. The Hall–Kier alpha value is -2.96. The first kappa shape index (κ1) is 15.3. The Morgan fingerprint density at radius 2 is 1.23 bits per heavy atom. The van der Waals surface area contributed by atoms with Gasteiger partial charge >= 0.3 is 0 Å². The molecule has 26 heavy (non-hydrogen) atoms. The fraction of sp³-hybridized carbons (Fsp3) is 0. The molecule has 0 N–H and O–H groups in total. The maximum Gasteiger partial charge on any atom is 0.247 e. The lowest BCUT2D eigenvalue weighted by Gasteiger charge is -2.14. The second-order valence-electron chi connectivity index (χ2n) is 5.99. The van der Waals surface area contributed by atoms with E-state index >= 15 is 0 Å². The van der Waals surface area contributed by atoms with Gasteiger partial charge in [0.15, 0.2) is 0 Å². The summed E-state index contributed by atoms with van der Waals surface area (Å²) in [6.07, 6.45) is 0.0304. The summed E-state index contributed by atoms with van der Waals surface area (Å²) in [5.74, 6) is 0. The van der Waals surface area contributed by atoms with Gasteiger partial charge in [-0.15, -0.1) is 0 Å². The Morgan fingerprint density at radius 3 is 1.88 bits per heavy atom. The summed E-state index contributed by atoms with van der Waals surface area (Å²) in [4.78, 5) is 0. The van der Waals surface area contributed by atoms with Crippen LogP contribution in [-0.4, -0.2) is 6.19 Å². The second-order valence-corrected chi connectivity index (χ2v) is 8.37. The summed E-state index contributed by atoms with van der Waals surface area (Å²) in [5.41, 5.74) is 0.681. The van der Waals surface area contributed by atoms with E-state index in [0.29, 0.717) is 16.2 Å². The molecule has 0 saturated heterocycles. The minimum Gasteiger partial charge on any atom is -0.288 e. The van der Waals surface area contributed by atoms with Crippen molar-refractivity contribution in [2.24, 2.45) is 4.76 Å². The van der Waals surface area contributed by atoms with Crippen molar-refractivity contribution in [1.82, 2.24) is 0 Å². The lowest BCUT2D eigenvalue weighted by Crippen LogP contribution is -2.14. The lowest BCUT2D eigenvalue weighted by molar-refractivity contribution is 0.588. The Balaban J connectivity index is 1.93. The molecule has 4 aromatic carbocycles. The molecule has 0 fully saturated rings. The normalized spacial score (nSPS) is 12.8. The Kier molecular flexibility index (Phi) is 4.19. The largest absolute Gasteiger partial charge is 0.288 e. The summed E-state index contributed by atoms with van der Waals surface area (Å²) in [6.45, 7) is 0. The highest BCUT2D eigenvalue weighted by atomic mass is 31.2. The van der Waals surface area contributed by atoms with E-state index in [4.69, 9.17) is 1.37 Å². The first-order valence-electron chi connectivity index (χ1n) is 8.95. The zero-order chi connectivity index (χ0) is 18.7. The van der Waals surface area contributed by atoms with E-state index in [1.807, 2.05) is 103 Å². The van der Waals surface area contributed by atoms with Crippen LogP contribution in [-0.2, 0) is 4.57 Å². The molecule has 4 rings (SSSR count). The van der Waals surface area contributed by atoms with Crippen molar-refractivity contribution in [2.45, 2.75) is 0 Å². The topological polar surface area (TPSA) is 29.4 Å². The summed E-state index contributed by atoms with van der Waals surface area (Å²) in [7, 11) is -3.32. The summed E-state index contributed by atoms with van der Waals surface area (Å²) < 4.78 is 27.2. The van der Waals surface area contributed by atoms with E-state index in [2.05, 4.69) is 4.76 Å². The fourth-order valence-corrected chi connectivity index (χ4v) is 4.90. The minimum atomic E-state index is -3.32. The molecular weight excluding hydrogens is 337 g/mol. The molecule has 0 spiro atoms. The van der Waals surface area contributed by atoms with Crippen molar-refractivity contribution in [3.63, 3.8) is 0 Å². The molecule has 0 aliphatic heterocycles. The van der Waals surface area contributed by atoms with Gasteiger partial charge in [0.25, 0.3) is 0 Å². The van der Waals surface area contributed by atoms with Crippen LogP contribution < -0.4 is 10.6 Å². The van der Waals surface area contributed by atoms with Gasteiger partial charge in [0, 0.05) is 22.4 Å². The van der Waals surface area contributed by atoms with Crippen molar-refractivity contribution in [3.05, 3.63) is 109 Å². The standard InChI is InChI=1S/C23H18NOP/c25-26(21-13-3-1-4-14-21,22-15-5-2-6-16-22)24-18-20-12-9-11-19-10-7-8-17-23(19)20/h1-18H/b24-18-/i18D. The number of fused-ring (bicyclic) bond motifs is 1. The molecule has 2 nitrogen and oxygen atoms in total. The molecule has 0 saturated carbocycles. The van der Waals surface area contributed by atoms with Gasteiger partial charge < -0.3 is 0 Å². The van der Waals surface area contributed by atoms with Crippen LogP contribution in [0, 0.1) is 0 Å². The molecule has 0 aromatic heterocycles. The molecule has 0 bridgehead atoms. The van der Waals surface area contributed by atoms with Crippen LogP contribution in [0.15, 0.2) is 108 Å². The molecule has 0 heterocycles. The number of hydrogen-bond acceptors (Lipinski definition) is 1. The third kappa shape index (κ3) is 3.12. The van der Waals surface area contributed by atoms with Crippen molar-refractivity contribution in [2.75, 3.05) is 0 Å². The third-order valence-electron chi connectivity index (χ3n) is 4.31. The molecule has 0 amide bonds. The van der Waals surface area contributed by atoms with Gasteiger partial charge in [-0.25, -0.2) is 4.76 Å². The van der Waals surface area contributed by atoms with Crippen molar-refractivity contribution < 1.29 is 5.94 Å². The molecule has 0 aliphatic rings. The monoisotopic (exact) mass is 356 g/mol. The quantitative estimate of drug-likeness (QED) is 0.366. The van der Waals surface area contributed by atoms with E-state index in [9.17, 15) is 4.57 Å². The lowest BCUT2D eigenvalue weighted by atomic mass is 10.1. The van der Waals surface area contributed by atoms with Gasteiger partial charge in [0.1, 0.15) is 0 Å². The maximum atomic E-state index is 14.0. The van der Waals surface area contributed by atoms with E-state index in [1.165, 1.54) is 0 Å². The van der Waals surface area contributed by atoms with Gasteiger partial charge in [-0.1, -0.05) is 78.9 Å². The predicted octanol–water partition coefficient (Wildman–Crippen LogP) is 5.19. The van der Waals surface area contributed by atoms with Crippen LogP contribution in [0.3, 0.4) is 0 Å². The van der Waals surface area contributed by atoms with Crippen LogP contribution in [0.2, 0.25) is 0 Å². The summed E-state index contributed by atoms with van der Waals surface area (Å²) in [5, 5.41) is 3.22. The Bertz CT molecular complexity index is 1110. The number of nitrogens with zero attached hydrogens (tertiary/aromatic N) is 1. The summed E-state index contributed by atoms with van der Waals surface area (Å²) >= 11 is 0. The highest BCUT2D eigenvalue weighted by Crippen LogP contribution is 2.44. The van der Waals surface area contributed by atoms with Crippen LogP contribution in [0.5, 0.6) is 0 Å². The molecule has 0 radical (unpaired) electrons. The van der Waals surface area contributed by atoms with Gasteiger partial charge in [0.05, 0.1) is 1.37 Å². The molecule has 4 aromatic rings. The van der Waals surface area contributed by atoms with Crippen molar-refractivity contribution in [1.29, 1.82) is 0 Å². The molecule has 3 heteroatoms. The van der Waals surface area contributed by atoms with E-state index in [-0.39, 0.29) is 6.19 Å². The van der Waals surface area contributed by atoms with Gasteiger partial charge in [0.2, 0.25) is 7.29 Å². The fourth-order valence-electron chi connectivity index (χ4n) is 2.97. The molecule has 0 aliphatic carbocycles. The molecule has 0 atom stereocenters. The average Bonchev–Trinajstić information content (AvgIpc) is 2.74. The van der Waals surface area contributed by atoms with Gasteiger partial charge in [-0.2, -0.15) is 0 Å². The van der Waals surface area contributed by atoms with Gasteiger partial charge in [-0.05, 0) is 35.0 Å². The number of rotatable bonds is 4. The van der Waals surface area contributed by atoms with Crippen LogP contribution in [0.25, 0.3) is 10.8 Å². The molecule has 0 unspecified atom stereocenters. The zero-order valence-electron chi connectivity index (χ0n) is 15.1. The third-order valence-corrected chi connectivity index (χ3v) is 6.69. The first-order valence-corrected chi connectivity index (χ1v) is 10.1. The average molecular weight is 356 g/mol. The summed E-state index contributed by atoms with van der Waals surface area (Å²) in [6, 6.07) is 32.0. The smallest absolute Gasteiger partial charge is 0.247 e. The first-order chi connectivity index (χ1) is 13.2. The predicted molar refractivity (Wildman–Crippen MR) is 111 cm³/mol. The number of hydrogen-bond donors (Lipinski definition) is 0. The van der Waals surface area contributed by atoms with Gasteiger partial charge in [-0.3, -0.25) is 4.57 Å². The highest BCUT2D eigenvalue weighted by Gasteiger charge is 2.25. The van der Waals surface area contributed by atoms with Crippen LogP contribution in [0.4, 0.5) is 0 Å². The second kappa shape index (κ2) is 7.11. The maximum absolute atomic E-state index is 14.0. The highest BCUT2D eigenvalue weighted by molar-refractivity contribution is 7.77. The van der Waals surface area contributed by atoms with Crippen molar-refractivity contribution >= 4 is 34.9 Å². The zero-order valence-corrected chi connectivity index (χ0v) is 15.0. The molecular formula is C23H18NOP. The van der Waals surface area contributed by atoms with E-state index in [1.54, 1.807) is 0 Å². The SMILES string of the molecule is [2H]/C(=N/P(=O)(c1ccccc1)c1ccccc1)c1cccc2ccccc12. The van der Waals surface area contributed by atoms with E-state index in [0.717, 1.165) is 10.8 Å².